The maximum atomic E-state index is 13.3. The second kappa shape index (κ2) is 10.1. The molecule has 0 aliphatic heterocycles. The first kappa shape index (κ1) is 24.4. The van der Waals surface area contributed by atoms with Gasteiger partial charge in [-0.15, -0.1) is 0 Å². The van der Waals surface area contributed by atoms with Crippen LogP contribution in [0.1, 0.15) is 30.5 Å². The van der Waals surface area contributed by atoms with E-state index in [1.54, 1.807) is 29.2 Å². The van der Waals surface area contributed by atoms with E-state index in [9.17, 15) is 13.2 Å². The van der Waals surface area contributed by atoms with Crippen LogP contribution in [0.5, 0.6) is 0 Å². The lowest BCUT2D eigenvalue weighted by molar-refractivity contribution is -0.116. The lowest BCUT2D eigenvalue weighted by Crippen LogP contribution is -2.41. The molecule has 0 spiro atoms. The summed E-state index contributed by atoms with van der Waals surface area (Å²) in [4.78, 5) is 21.9. The van der Waals surface area contributed by atoms with Crippen molar-refractivity contribution in [2.45, 2.75) is 39.5 Å². The van der Waals surface area contributed by atoms with Crippen LogP contribution in [0.15, 0.2) is 41.3 Å². The molecule has 172 valence electrons. The molecule has 3 aromatic rings. The topological polar surface area (TPSA) is 70.6 Å². The van der Waals surface area contributed by atoms with E-state index >= 15 is 0 Å². The number of likely N-dealkylation sites (N-methyl/N-ethyl adjacent to an activating group) is 1. The van der Waals surface area contributed by atoms with E-state index in [-0.39, 0.29) is 4.90 Å². The molecule has 2 aromatic carbocycles. The van der Waals surface area contributed by atoms with Crippen molar-refractivity contribution in [3.8, 4) is 0 Å². The van der Waals surface area contributed by atoms with Crippen LogP contribution in [0, 0.1) is 20.8 Å². The Bertz CT molecular complexity index is 1160. The first-order chi connectivity index (χ1) is 15.1. The van der Waals surface area contributed by atoms with Gasteiger partial charge in [-0.05, 0) is 69.3 Å². The highest BCUT2D eigenvalue weighted by atomic mass is 32.2. The molecule has 0 saturated heterocycles. The molecule has 0 unspecified atom stereocenters. The molecule has 6 nitrogen and oxygen atoms in total. The second-order valence-electron chi connectivity index (χ2n) is 8.05. The molecule has 8 heteroatoms. The van der Waals surface area contributed by atoms with E-state index < -0.39 is 21.5 Å². The lowest BCUT2D eigenvalue weighted by Gasteiger charge is -2.24. The van der Waals surface area contributed by atoms with Crippen LogP contribution < -0.4 is 4.90 Å². The number of carbonyl (C=O) groups excluding carboxylic acids is 1. The Labute approximate surface area is 194 Å². The monoisotopic (exact) mass is 473 g/mol. The summed E-state index contributed by atoms with van der Waals surface area (Å²) in [5.74, 6) is -1.03. The number of anilines is 1. The fraction of sp³-hybridized carbons (Fsp3) is 0.417. The van der Waals surface area contributed by atoms with Gasteiger partial charge in [0.05, 0.1) is 15.1 Å². The third-order valence-corrected chi connectivity index (χ3v) is 8.41. The zero-order valence-electron chi connectivity index (χ0n) is 19.4. The Morgan fingerprint density at radius 3 is 2.22 bits per heavy atom. The molecular formula is C24H31N3O3S2. The number of sulfone groups is 1. The average molecular weight is 474 g/mol. The Kier molecular flexibility index (Phi) is 7.69. The van der Waals surface area contributed by atoms with Gasteiger partial charge in [0.15, 0.2) is 15.0 Å². The normalized spacial score (nSPS) is 11.9. The smallest absolute Gasteiger partial charge is 0.244 e. The van der Waals surface area contributed by atoms with Gasteiger partial charge in [0.25, 0.3) is 0 Å². The Morgan fingerprint density at radius 1 is 0.969 bits per heavy atom. The predicted octanol–water partition coefficient (Wildman–Crippen LogP) is 4.37. The quantitative estimate of drug-likeness (QED) is 0.462. The molecule has 3 rings (SSSR count). The molecule has 0 bridgehead atoms. The maximum absolute atomic E-state index is 13.3. The summed E-state index contributed by atoms with van der Waals surface area (Å²) >= 11 is 1.43. The van der Waals surface area contributed by atoms with Gasteiger partial charge in [-0.25, -0.2) is 13.4 Å². The van der Waals surface area contributed by atoms with Crippen molar-refractivity contribution in [3.05, 3.63) is 53.1 Å². The second-order valence-corrected chi connectivity index (χ2v) is 11.0. The van der Waals surface area contributed by atoms with Crippen molar-refractivity contribution < 1.29 is 13.2 Å². The zero-order chi connectivity index (χ0) is 23.5. The number of thiazole rings is 1. The standard InChI is InChI=1S/C24H31N3O3S2/c1-6-26(7-2)12-13-27(24-25-21-14-18(4)19(5)15-22(21)31-24)23(28)16-32(29,30)20-10-8-17(3)9-11-20/h8-11,14-15H,6-7,12-13,16H2,1-5H3. The number of benzene rings is 2. The SMILES string of the molecule is CCN(CC)CCN(C(=O)CS(=O)(=O)c1ccc(C)cc1)c1nc2cc(C)c(C)cc2s1. The van der Waals surface area contributed by atoms with Crippen molar-refractivity contribution in [2.24, 2.45) is 0 Å². The van der Waals surface area contributed by atoms with Gasteiger partial charge in [-0.3, -0.25) is 9.69 Å². The van der Waals surface area contributed by atoms with Gasteiger partial charge in [0.2, 0.25) is 5.91 Å². The largest absolute Gasteiger partial charge is 0.302 e. The number of fused-ring (bicyclic) bond motifs is 1. The molecular weight excluding hydrogens is 442 g/mol. The van der Waals surface area contributed by atoms with Crippen LogP contribution in [-0.2, 0) is 14.6 Å². The summed E-state index contributed by atoms with van der Waals surface area (Å²) in [5.41, 5.74) is 4.10. The molecule has 1 amide bonds. The van der Waals surface area contributed by atoms with Gasteiger partial charge >= 0.3 is 0 Å². The average Bonchev–Trinajstić information content (AvgIpc) is 3.13. The molecule has 0 fully saturated rings. The summed E-state index contributed by atoms with van der Waals surface area (Å²) < 4.78 is 26.8. The predicted molar refractivity (Wildman–Crippen MR) is 132 cm³/mol. The molecule has 0 N–H and O–H groups in total. The summed E-state index contributed by atoms with van der Waals surface area (Å²) in [6.07, 6.45) is 0. The van der Waals surface area contributed by atoms with E-state index in [0.29, 0.717) is 18.2 Å². The van der Waals surface area contributed by atoms with Gasteiger partial charge in [0, 0.05) is 13.1 Å². The first-order valence-corrected chi connectivity index (χ1v) is 13.3. The highest BCUT2D eigenvalue weighted by molar-refractivity contribution is 7.92. The number of aryl methyl sites for hydroxylation is 3. The van der Waals surface area contributed by atoms with E-state index in [4.69, 9.17) is 4.98 Å². The van der Waals surface area contributed by atoms with Crippen molar-refractivity contribution in [2.75, 3.05) is 36.8 Å². The summed E-state index contributed by atoms with van der Waals surface area (Å²) in [7, 11) is -3.75. The number of hydrogen-bond donors (Lipinski definition) is 0. The van der Waals surface area contributed by atoms with Crippen LogP contribution in [0.2, 0.25) is 0 Å². The summed E-state index contributed by atoms with van der Waals surface area (Å²) in [5, 5.41) is 0.543. The molecule has 1 heterocycles. The number of hydrogen-bond acceptors (Lipinski definition) is 6. The molecule has 1 aromatic heterocycles. The van der Waals surface area contributed by atoms with E-state index in [1.165, 1.54) is 11.3 Å². The van der Waals surface area contributed by atoms with E-state index in [2.05, 4.69) is 24.8 Å². The van der Waals surface area contributed by atoms with Gasteiger partial charge in [-0.2, -0.15) is 0 Å². The number of carbonyl (C=O) groups is 1. The number of rotatable bonds is 9. The molecule has 0 aliphatic rings. The first-order valence-electron chi connectivity index (χ1n) is 10.8. The molecule has 0 aliphatic carbocycles. The van der Waals surface area contributed by atoms with Gasteiger partial charge in [0.1, 0.15) is 5.75 Å². The lowest BCUT2D eigenvalue weighted by atomic mass is 10.1. The highest BCUT2D eigenvalue weighted by Crippen LogP contribution is 2.31. The zero-order valence-corrected chi connectivity index (χ0v) is 21.0. The fourth-order valence-electron chi connectivity index (χ4n) is 3.46. The summed E-state index contributed by atoms with van der Waals surface area (Å²) in [6, 6.07) is 10.7. The van der Waals surface area contributed by atoms with Crippen molar-refractivity contribution >= 4 is 42.4 Å². The Balaban J connectivity index is 1.93. The number of nitrogens with zero attached hydrogens (tertiary/aromatic N) is 3. The van der Waals surface area contributed by atoms with E-state index in [1.807, 2.05) is 26.8 Å². The van der Waals surface area contributed by atoms with Gasteiger partial charge < -0.3 is 4.90 Å². The maximum Gasteiger partial charge on any atom is 0.244 e. The summed E-state index contributed by atoms with van der Waals surface area (Å²) in [6.45, 7) is 12.9. The van der Waals surface area contributed by atoms with Crippen LogP contribution in [-0.4, -0.2) is 56.1 Å². The fourth-order valence-corrected chi connectivity index (χ4v) is 5.75. The van der Waals surface area contributed by atoms with Crippen molar-refractivity contribution in [3.63, 3.8) is 0 Å². The van der Waals surface area contributed by atoms with Crippen LogP contribution in [0.25, 0.3) is 10.2 Å². The minimum atomic E-state index is -3.75. The number of aromatic nitrogens is 1. The van der Waals surface area contributed by atoms with Crippen LogP contribution >= 0.6 is 11.3 Å². The Morgan fingerprint density at radius 2 is 1.59 bits per heavy atom. The molecule has 0 radical (unpaired) electrons. The number of amides is 1. The Hall–Kier alpha value is -2.29. The highest BCUT2D eigenvalue weighted by Gasteiger charge is 2.27. The molecule has 0 atom stereocenters. The van der Waals surface area contributed by atoms with Gasteiger partial charge in [-0.1, -0.05) is 42.9 Å². The minimum absolute atomic E-state index is 0.163. The van der Waals surface area contributed by atoms with Crippen LogP contribution in [0.3, 0.4) is 0 Å². The molecule has 0 saturated carbocycles. The van der Waals surface area contributed by atoms with Crippen molar-refractivity contribution in [1.82, 2.24) is 9.88 Å². The van der Waals surface area contributed by atoms with Crippen molar-refractivity contribution in [1.29, 1.82) is 0 Å². The molecule has 32 heavy (non-hydrogen) atoms. The van der Waals surface area contributed by atoms with Crippen LogP contribution in [0.4, 0.5) is 5.13 Å². The third kappa shape index (κ3) is 5.54. The van der Waals surface area contributed by atoms with E-state index in [0.717, 1.165) is 40.0 Å². The minimum Gasteiger partial charge on any atom is -0.302 e. The third-order valence-electron chi connectivity index (χ3n) is 5.75.